The molecule has 4 nitrogen and oxygen atoms in total. The predicted molar refractivity (Wildman–Crippen MR) is 74.7 cm³/mol. The molecule has 0 fully saturated rings. The standard InChI is InChI=1S/C13H22BNO3/c1-9-6-7-10(11(15)8-9)14(17)18-13(4,5)12(2,3)16/h6-8,16-17H,15H2,1-5H3. The molecule has 18 heavy (non-hydrogen) atoms. The molecule has 4 N–H and O–H groups in total. The lowest BCUT2D eigenvalue weighted by Gasteiger charge is -2.38. The Labute approximate surface area is 109 Å². The van der Waals surface area contributed by atoms with E-state index in [1.165, 1.54) is 0 Å². The van der Waals surface area contributed by atoms with Gasteiger partial charge < -0.3 is 20.5 Å². The topological polar surface area (TPSA) is 75.7 Å². The number of hydrogen-bond donors (Lipinski definition) is 3. The number of aryl methyl sites for hydroxylation is 1. The molecule has 5 heteroatoms. The summed E-state index contributed by atoms with van der Waals surface area (Å²) in [6.45, 7) is 8.64. The molecule has 1 rings (SSSR count). The molecule has 0 aliphatic carbocycles. The van der Waals surface area contributed by atoms with Crippen molar-refractivity contribution < 1.29 is 14.8 Å². The number of hydrogen-bond acceptors (Lipinski definition) is 4. The molecule has 1 aromatic carbocycles. The van der Waals surface area contributed by atoms with Crippen LogP contribution >= 0.6 is 0 Å². The van der Waals surface area contributed by atoms with E-state index in [4.69, 9.17) is 10.4 Å². The van der Waals surface area contributed by atoms with Gasteiger partial charge in [-0.05, 0) is 46.2 Å². The second-order valence-corrected chi connectivity index (χ2v) is 5.67. The van der Waals surface area contributed by atoms with Gasteiger partial charge in [0.05, 0.1) is 11.2 Å². The Morgan fingerprint density at radius 1 is 1.22 bits per heavy atom. The van der Waals surface area contributed by atoms with Crippen LogP contribution in [-0.4, -0.2) is 28.5 Å². The fourth-order valence-electron chi connectivity index (χ4n) is 1.41. The molecule has 1 aromatic rings. The summed E-state index contributed by atoms with van der Waals surface area (Å²) >= 11 is 0. The molecule has 0 amide bonds. The van der Waals surface area contributed by atoms with E-state index in [2.05, 4.69) is 0 Å². The van der Waals surface area contributed by atoms with Crippen molar-refractivity contribution in [3.8, 4) is 0 Å². The molecule has 0 aliphatic rings. The van der Waals surface area contributed by atoms with Crippen LogP contribution in [0.3, 0.4) is 0 Å². The Morgan fingerprint density at radius 3 is 2.22 bits per heavy atom. The van der Waals surface area contributed by atoms with Crippen molar-refractivity contribution in [2.45, 2.75) is 45.8 Å². The summed E-state index contributed by atoms with van der Waals surface area (Å²) in [6, 6.07) is 5.37. The maximum absolute atomic E-state index is 10.1. The minimum Gasteiger partial charge on any atom is -0.423 e. The highest BCUT2D eigenvalue weighted by Crippen LogP contribution is 2.25. The Balaban J connectivity index is 2.92. The van der Waals surface area contributed by atoms with E-state index in [-0.39, 0.29) is 0 Å². The molecule has 0 spiro atoms. The molecular formula is C13H22BNO3. The average Bonchev–Trinajstić information content (AvgIpc) is 2.14. The first-order chi connectivity index (χ1) is 8.04. The van der Waals surface area contributed by atoms with E-state index < -0.39 is 18.3 Å². The number of aliphatic hydroxyl groups is 1. The highest BCUT2D eigenvalue weighted by Gasteiger charge is 2.39. The van der Waals surface area contributed by atoms with E-state index in [1.54, 1.807) is 39.8 Å². The Kier molecular flexibility index (Phi) is 4.10. The monoisotopic (exact) mass is 251 g/mol. The van der Waals surface area contributed by atoms with Crippen LogP contribution < -0.4 is 11.2 Å². The smallest absolute Gasteiger partial charge is 0.423 e. The van der Waals surface area contributed by atoms with Gasteiger partial charge in [-0.2, -0.15) is 0 Å². The lowest BCUT2D eigenvalue weighted by molar-refractivity contribution is -0.0982. The number of nitrogen functional groups attached to an aromatic ring is 1. The van der Waals surface area contributed by atoms with Crippen molar-refractivity contribution in [1.29, 1.82) is 0 Å². The molecule has 0 atom stereocenters. The molecule has 0 bridgehead atoms. The zero-order chi connectivity index (χ0) is 14.1. The average molecular weight is 251 g/mol. The van der Waals surface area contributed by atoms with Crippen LogP contribution in [-0.2, 0) is 4.65 Å². The summed E-state index contributed by atoms with van der Waals surface area (Å²) in [4.78, 5) is 0. The molecule has 0 saturated heterocycles. The van der Waals surface area contributed by atoms with E-state index in [0.717, 1.165) is 5.56 Å². The lowest BCUT2D eigenvalue weighted by atomic mass is 9.75. The van der Waals surface area contributed by atoms with Gasteiger partial charge in [0.25, 0.3) is 0 Å². The van der Waals surface area contributed by atoms with Crippen molar-refractivity contribution >= 4 is 18.3 Å². The van der Waals surface area contributed by atoms with Gasteiger partial charge in [-0.1, -0.05) is 12.1 Å². The summed E-state index contributed by atoms with van der Waals surface area (Å²) in [7, 11) is -1.16. The van der Waals surface area contributed by atoms with Crippen molar-refractivity contribution in [2.75, 3.05) is 5.73 Å². The Morgan fingerprint density at radius 2 is 1.78 bits per heavy atom. The molecule has 0 aliphatic heterocycles. The van der Waals surface area contributed by atoms with Crippen LogP contribution in [0, 0.1) is 6.92 Å². The van der Waals surface area contributed by atoms with Gasteiger partial charge in [0.15, 0.2) is 0 Å². The maximum Gasteiger partial charge on any atom is 0.493 e. The van der Waals surface area contributed by atoms with Crippen LogP contribution in [0.4, 0.5) is 5.69 Å². The van der Waals surface area contributed by atoms with Crippen LogP contribution in [0.5, 0.6) is 0 Å². The Bertz CT molecular complexity index is 427. The predicted octanol–water partition coefficient (Wildman–Crippen LogP) is 0.831. The molecule has 0 unspecified atom stereocenters. The highest BCUT2D eigenvalue weighted by molar-refractivity contribution is 6.61. The van der Waals surface area contributed by atoms with Gasteiger partial charge in [-0.15, -0.1) is 0 Å². The van der Waals surface area contributed by atoms with Crippen LogP contribution in [0.25, 0.3) is 0 Å². The number of anilines is 1. The van der Waals surface area contributed by atoms with E-state index in [9.17, 15) is 10.1 Å². The van der Waals surface area contributed by atoms with Crippen LogP contribution in [0.15, 0.2) is 18.2 Å². The largest absolute Gasteiger partial charge is 0.493 e. The van der Waals surface area contributed by atoms with Crippen molar-refractivity contribution in [3.05, 3.63) is 23.8 Å². The summed E-state index contributed by atoms with van der Waals surface area (Å²) < 4.78 is 5.53. The number of benzene rings is 1. The minimum absolute atomic E-state index is 0.481. The highest BCUT2D eigenvalue weighted by atomic mass is 16.5. The summed E-state index contributed by atoms with van der Waals surface area (Å²) in [5, 5.41) is 20.1. The lowest BCUT2D eigenvalue weighted by Crippen LogP contribution is -2.53. The van der Waals surface area contributed by atoms with Crippen LogP contribution in [0.2, 0.25) is 0 Å². The zero-order valence-electron chi connectivity index (χ0n) is 11.7. The fourth-order valence-corrected chi connectivity index (χ4v) is 1.41. The zero-order valence-corrected chi connectivity index (χ0v) is 11.7. The minimum atomic E-state index is -1.16. The quantitative estimate of drug-likeness (QED) is 0.547. The number of nitrogens with two attached hydrogens (primary N) is 1. The molecule has 100 valence electrons. The van der Waals surface area contributed by atoms with E-state index in [0.29, 0.717) is 11.2 Å². The first-order valence-corrected chi connectivity index (χ1v) is 5.99. The van der Waals surface area contributed by atoms with Gasteiger partial charge in [0.2, 0.25) is 0 Å². The van der Waals surface area contributed by atoms with Gasteiger partial charge >= 0.3 is 7.12 Å². The first-order valence-electron chi connectivity index (χ1n) is 5.99. The van der Waals surface area contributed by atoms with Gasteiger partial charge in [0.1, 0.15) is 0 Å². The summed E-state index contributed by atoms with van der Waals surface area (Å²) in [5.41, 5.74) is 5.88. The van der Waals surface area contributed by atoms with Gasteiger partial charge in [-0.25, -0.2) is 0 Å². The summed E-state index contributed by atoms with van der Waals surface area (Å²) in [6.07, 6.45) is 0. The third-order valence-electron chi connectivity index (χ3n) is 3.39. The third kappa shape index (κ3) is 3.25. The van der Waals surface area contributed by atoms with Crippen molar-refractivity contribution in [2.24, 2.45) is 0 Å². The van der Waals surface area contributed by atoms with Crippen LogP contribution in [0.1, 0.15) is 33.3 Å². The molecule has 0 aromatic heterocycles. The van der Waals surface area contributed by atoms with Crippen molar-refractivity contribution in [3.63, 3.8) is 0 Å². The van der Waals surface area contributed by atoms with Gasteiger partial charge in [-0.3, -0.25) is 0 Å². The number of rotatable bonds is 4. The second kappa shape index (κ2) is 4.92. The SMILES string of the molecule is Cc1ccc(B(O)OC(C)(C)C(C)(C)O)c(N)c1. The molecular weight excluding hydrogens is 229 g/mol. The third-order valence-corrected chi connectivity index (χ3v) is 3.39. The Hall–Kier alpha value is -1.04. The molecule has 0 saturated carbocycles. The van der Waals surface area contributed by atoms with Crippen molar-refractivity contribution in [1.82, 2.24) is 0 Å². The molecule has 0 heterocycles. The van der Waals surface area contributed by atoms with E-state index >= 15 is 0 Å². The van der Waals surface area contributed by atoms with E-state index in [1.807, 2.05) is 13.0 Å². The normalized spacial score (nSPS) is 12.6. The summed E-state index contributed by atoms with van der Waals surface area (Å²) in [5.74, 6) is 0. The maximum atomic E-state index is 10.1. The van der Waals surface area contributed by atoms with Gasteiger partial charge in [0, 0.05) is 11.2 Å². The first kappa shape index (κ1) is 15.0. The molecule has 0 radical (unpaired) electrons. The second-order valence-electron chi connectivity index (χ2n) is 5.67. The fraction of sp³-hybridized carbons (Fsp3) is 0.538.